The topological polar surface area (TPSA) is 86.8 Å². The SMILES string of the molecule is Cc1ccc(N(CC(=O)N(Cc2cccc(Cl)c2)C(C)C(=O)NC2CCCCC2)S(=O)(=O)c2ccc(Cl)cc2)cc1C. The third-order valence-corrected chi connectivity index (χ3v) is 10.1. The van der Waals surface area contributed by atoms with Crippen LogP contribution < -0.4 is 9.62 Å². The van der Waals surface area contributed by atoms with Gasteiger partial charge >= 0.3 is 0 Å². The summed E-state index contributed by atoms with van der Waals surface area (Å²) in [4.78, 5) is 29.0. The maximum Gasteiger partial charge on any atom is 0.264 e. The molecule has 1 aliphatic carbocycles. The highest BCUT2D eigenvalue weighted by atomic mass is 35.5. The molecule has 2 amide bonds. The number of sulfonamides is 1. The van der Waals surface area contributed by atoms with E-state index >= 15 is 0 Å². The molecule has 1 unspecified atom stereocenters. The van der Waals surface area contributed by atoms with E-state index in [9.17, 15) is 18.0 Å². The van der Waals surface area contributed by atoms with E-state index in [-0.39, 0.29) is 23.4 Å². The zero-order valence-corrected chi connectivity index (χ0v) is 26.5. The summed E-state index contributed by atoms with van der Waals surface area (Å²) in [6, 6.07) is 17.4. The van der Waals surface area contributed by atoms with Crippen LogP contribution in [0.2, 0.25) is 10.0 Å². The van der Waals surface area contributed by atoms with Gasteiger partial charge in [0.25, 0.3) is 10.0 Å². The number of amides is 2. The summed E-state index contributed by atoms with van der Waals surface area (Å²) >= 11 is 12.3. The maximum atomic E-state index is 14.1. The van der Waals surface area contributed by atoms with Crippen molar-refractivity contribution in [3.8, 4) is 0 Å². The van der Waals surface area contributed by atoms with E-state index in [1.54, 1.807) is 37.3 Å². The Morgan fingerprint density at radius 2 is 1.60 bits per heavy atom. The Bertz CT molecular complexity index is 1520. The summed E-state index contributed by atoms with van der Waals surface area (Å²) in [7, 11) is -4.17. The molecule has 10 heteroatoms. The molecule has 1 saturated carbocycles. The number of carbonyl (C=O) groups is 2. The van der Waals surface area contributed by atoms with Crippen molar-refractivity contribution < 1.29 is 18.0 Å². The molecule has 0 saturated heterocycles. The molecule has 42 heavy (non-hydrogen) atoms. The quantitative estimate of drug-likeness (QED) is 0.271. The molecule has 0 radical (unpaired) electrons. The molecule has 1 aliphatic rings. The highest BCUT2D eigenvalue weighted by Crippen LogP contribution is 2.27. The minimum Gasteiger partial charge on any atom is -0.352 e. The Kier molecular flexibility index (Phi) is 10.6. The van der Waals surface area contributed by atoms with Crippen LogP contribution in [-0.4, -0.2) is 43.8 Å². The summed E-state index contributed by atoms with van der Waals surface area (Å²) in [5.41, 5.74) is 2.95. The Balaban J connectivity index is 1.69. The number of halogens is 2. The molecule has 224 valence electrons. The fourth-order valence-electron chi connectivity index (χ4n) is 5.13. The summed E-state index contributed by atoms with van der Waals surface area (Å²) in [6.07, 6.45) is 5.06. The minimum absolute atomic E-state index is 0.00223. The molecular weight excluding hydrogens is 593 g/mol. The first-order valence-corrected chi connectivity index (χ1v) is 16.3. The minimum atomic E-state index is -4.17. The van der Waals surface area contributed by atoms with E-state index in [4.69, 9.17) is 23.2 Å². The molecule has 0 heterocycles. The number of hydrogen-bond acceptors (Lipinski definition) is 4. The lowest BCUT2D eigenvalue weighted by atomic mass is 9.95. The van der Waals surface area contributed by atoms with E-state index in [0.29, 0.717) is 15.7 Å². The first-order valence-electron chi connectivity index (χ1n) is 14.2. The van der Waals surface area contributed by atoms with E-state index in [1.165, 1.54) is 29.2 Å². The van der Waals surface area contributed by atoms with Crippen LogP contribution in [-0.2, 0) is 26.2 Å². The number of rotatable bonds is 10. The van der Waals surface area contributed by atoms with Gasteiger partial charge in [0, 0.05) is 22.6 Å². The third-order valence-electron chi connectivity index (χ3n) is 7.82. The van der Waals surface area contributed by atoms with Crippen molar-refractivity contribution in [2.24, 2.45) is 0 Å². The molecule has 3 aromatic rings. The first kappa shape index (κ1) is 31.9. The molecule has 0 spiro atoms. The first-order chi connectivity index (χ1) is 20.0. The van der Waals surface area contributed by atoms with Crippen LogP contribution in [0, 0.1) is 13.8 Å². The van der Waals surface area contributed by atoms with Gasteiger partial charge in [0.2, 0.25) is 11.8 Å². The third kappa shape index (κ3) is 7.85. The number of benzene rings is 3. The molecular formula is C32H37Cl2N3O4S. The molecule has 0 bridgehead atoms. The van der Waals surface area contributed by atoms with Crippen molar-refractivity contribution in [3.05, 3.63) is 93.5 Å². The normalized spacial score (nSPS) is 14.7. The number of carbonyl (C=O) groups excluding carboxylic acids is 2. The van der Waals surface area contributed by atoms with Gasteiger partial charge in [0.15, 0.2) is 0 Å². The van der Waals surface area contributed by atoms with Gasteiger partial charge in [-0.25, -0.2) is 8.42 Å². The van der Waals surface area contributed by atoms with Crippen molar-refractivity contribution >= 4 is 50.7 Å². The zero-order valence-electron chi connectivity index (χ0n) is 24.1. The number of anilines is 1. The van der Waals surface area contributed by atoms with Gasteiger partial charge in [-0.1, -0.05) is 60.7 Å². The van der Waals surface area contributed by atoms with Crippen LogP contribution in [0.5, 0.6) is 0 Å². The van der Waals surface area contributed by atoms with Gasteiger partial charge < -0.3 is 10.2 Å². The Hall–Kier alpha value is -3.07. The lowest BCUT2D eigenvalue weighted by Gasteiger charge is -2.33. The van der Waals surface area contributed by atoms with Crippen molar-refractivity contribution in [3.63, 3.8) is 0 Å². The lowest BCUT2D eigenvalue weighted by molar-refractivity contribution is -0.139. The number of nitrogens with one attached hydrogen (secondary N) is 1. The molecule has 3 aromatic carbocycles. The van der Waals surface area contributed by atoms with Crippen LogP contribution in [0.1, 0.15) is 55.7 Å². The highest BCUT2D eigenvalue weighted by molar-refractivity contribution is 7.92. The van der Waals surface area contributed by atoms with Gasteiger partial charge in [-0.2, -0.15) is 0 Å². The smallest absolute Gasteiger partial charge is 0.264 e. The average molecular weight is 631 g/mol. The summed E-state index contributed by atoms with van der Waals surface area (Å²) < 4.78 is 29.1. The average Bonchev–Trinajstić information content (AvgIpc) is 2.96. The van der Waals surface area contributed by atoms with Crippen molar-refractivity contribution in [1.29, 1.82) is 0 Å². The van der Waals surface area contributed by atoms with Crippen LogP contribution in [0.15, 0.2) is 71.6 Å². The molecule has 4 rings (SSSR count). The standard InChI is InChI=1S/C32H37Cl2N3O4S/c1-22-12-15-29(18-23(22)2)37(42(40,41)30-16-13-26(33)14-17-30)21-31(38)36(20-25-8-7-9-27(34)19-25)24(3)32(39)35-28-10-5-4-6-11-28/h7-9,12-19,24,28H,4-6,10-11,20-21H2,1-3H3,(H,35,39). The number of aryl methyl sites for hydroxylation is 2. The monoisotopic (exact) mass is 629 g/mol. The maximum absolute atomic E-state index is 14.1. The van der Waals surface area contributed by atoms with Crippen molar-refractivity contribution in [2.75, 3.05) is 10.8 Å². The van der Waals surface area contributed by atoms with Gasteiger partial charge in [-0.05, 0) is 98.8 Å². The number of hydrogen-bond donors (Lipinski definition) is 1. The highest BCUT2D eigenvalue weighted by Gasteiger charge is 2.33. The van der Waals surface area contributed by atoms with Crippen LogP contribution in [0.3, 0.4) is 0 Å². The van der Waals surface area contributed by atoms with E-state index in [0.717, 1.165) is 53.1 Å². The predicted octanol–water partition coefficient (Wildman–Crippen LogP) is 6.67. The van der Waals surface area contributed by atoms with Gasteiger partial charge in [-0.15, -0.1) is 0 Å². The zero-order chi connectivity index (χ0) is 30.4. The molecule has 0 aliphatic heterocycles. The predicted molar refractivity (Wildman–Crippen MR) is 168 cm³/mol. The van der Waals surface area contributed by atoms with Gasteiger partial charge in [0.05, 0.1) is 10.6 Å². The molecule has 1 fully saturated rings. The van der Waals surface area contributed by atoms with Crippen molar-refractivity contribution in [2.45, 2.75) is 76.4 Å². The molecule has 1 atom stereocenters. The van der Waals surface area contributed by atoms with Gasteiger partial charge in [-0.3, -0.25) is 13.9 Å². The molecule has 0 aromatic heterocycles. The second kappa shape index (κ2) is 13.9. The van der Waals surface area contributed by atoms with E-state index in [2.05, 4.69) is 5.32 Å². The second-order valence-corrected chi connectivity index (χ2v) is 13.6. The van der Waals surface area contributed by atoms with Crippen LogP contribution >= 0.6 is 23.2 Å². The largest absolute Gasteiger partial charge is 0.352 e. The lowest BCUT2D eigenvalue weighted by Crippen LogP contribution is -2.53. The fraction of sp³-hybridized carbons (Fsp3) is 0.375. The summed E-state index contributed by atoms with van der Waals surface area (Å²) in [5.74, 6) is -0.785. The Labute approximate surface area is 258 Å². The second-order valence-electron chi connectivity index (χ2n) is 10.9. The van der Waals surface area contributed by atoms with E-state index < -0.39 is 28.5 Å². The fourth-order valence-corrected chi connectivity index (χ4v) is 6.87. The number of nitrogens with zero attached hydrogens (tertiary/aromatic N) is 2. The summed E-state index contributed by atoms with van der Waals surface area (Å²) in [6.45, 7) is 5.07. The molecule has 1 N–H and O–H groups in total. The van der Waals surface area contributed by atoms with Crippen LogP contribution in [0.4, 0.5) is 5.69 Å². The Morgan fingerprint density at radius 1 is 0.905 bits per heavy atom. The summed E-state index contributed by atoms with van der Waals surface area (Å²) in [5, 5.41) is 4.01. The van der Waals surface area contributed by atoms with Crippen molar-refractivity contribution in [1.82, 2.24) is 10.2 Å². The molecule has 7 nitrogen and oxygen atoms in total. The van der Waals surface area contributed by atoms with Crippen LogP contribution in [0.25, 0.3) is 0 Å². The van der Waals surface area contributed by atoms with E-state index in [1.807, 2.05) is 26.0 Å². The Morgan fingerprint density at radius 3 is 2.24 bits per heavy atom. The van der Waals surface area contributed by atoms with Gasteiger partial charge in [0.1, 0.15) is 12.6 Å².